The summed E-state index contributed by atoms with van der Waals surface area (Å²) in [6, 6.07) is 15.9. The van der Waals surface area contributed by atoms with Crippen molar-refractivity contribution >= 4 is 22.9 Å². The number of hydrogen-bond acceptors (Lipinski definition) is 6. The molecule has 0 amide bonds. The van der Waals surface area contributed by atoms with E-state index in [1.165, 1.54) is 5.56 Å². The van der Waals surface area contributed by atoms with Gasteiger partial charge in [0.15, 0.2) is 0 Å². The van der Waals surface area contributed by atoms with Crippen LogP contribution in [0.3, 0.4) is 0 Å². The third-order valence-electron chi connectivity index (χ3n) is 7.60. The molecule has 2 heterocycles. The first-order valence-corrected chi connectivity index (χ1v) is 15.7. The molecule has 1 aliphatic heterocycles. The molecule has 0 radical (unpaired) electrons. The largest absolute Gasteiger partial charge is 0.462 e. The summed E-state index contributed by atoms with van der Waals surface area (Å²) in [5.41, 5.74) is 4.36. The SMILES string of the molecule is CO.Cc1ccc(C#Cc2cccc3cc(CC(C)C(=O)OCC4C/C(=C\CC(CC(C)C)CC(C)C)C(=O)O4)oc23)cc1. The number of cyclic esters (lactones) is 1. The monoisotopic (exact) mass is 600 g/mol. The number of ether oxygens (including phenoxy) is 2. The average Bonchev–Trinajstić information content (AvgIpc) is 3.57. The van der Waals surface area contributed by atoms with Gasteiger partial charge >= 0.3 is 11.9 Å². The molecular weight excluding hydrogens is 552 g/mol. The number of carbonyl (C=O) groups excluding carboxylic acids is 2. The maximum absolute atomic E-state index is 12.8. The van der Waals surface area contributed by atoms with E-state index in [1.807, 2.05) is 61.5 Å². The van der Waals surface area contributed by atoms with Gasteiger partial charge in [0.05, 0.1) is 11.5 Å². The molecule has 4 rings (SSSR count). The minimum Gasteiger partial charge on any atom is -0.462 e. The molecule has 2 unspecified atom stereocenters. The normalized spacial score (nSPS) is 16.1. The zero-order valence-electron chi connectivity index (χ0n) is 27.3. The molecular formula is C38H48O6. The number of aryl methyl sites for hydroxylation is 1. The van der Waals surface area contributed by atoms with Gasteiger partial charge in [0.1, 0.15) is 24.1 Å². The smallest absolute Gasteiger partial charge is 0.334 e. The van der Waals surface area contributed by atoms with Crippen LogP contribution < -0.4 is 0 Å². The van der Waals surface area contributed by atoms with Gasteiger partial charge in [-0.25, -0.2) is 4.79 Å². The summed E-state index contributed by atoms with van der Waals surface area (Å²) in [5.74, 6) is 7.89. The lowest BCUT2D eigenvalue weighted by Crippen LogP contribution is -2.23. The van der Waals surface area contributed by atoms with Gasteiger partial charge in [0, 0.05) is 36.5 Å². The molecule has 1 aliphatic rings. The van der Waals surface area contributed by atoms with Crippen LogP contribution in [0.25, 0.3) is 11.0 Å². The van der Waals surface area contributed by atoms with Crippen LogP contribution in [0.4, 0.5) is 0 Å². The van der Waals surface area contributed by atoms with E-state index in [-0.39, 0.29) is 18.5 Å². The highest BCUT2D eigenvalue weighted by molar-refractivity contribution is 5.90. The third kappa shape index (κ3) is 10.4. The van der Waals surface area contributed by atoms with E-state index in [2.05, 4.69) is 46.5 Å². The second-order valence-corrected chi connectivity index (χ2v) is 12.6. The van der Waals surface area contributed by atoms with Gasteiger partial charge in [0.25, 0.3) is 0 Å². The Morgan fingerprint density at radius 3 is 2.36 bits per heavy atom. The lowest BCUT2D eigenvalue weighted by atomic mass is 9.86. The summed E-state index contributed by atoms with van der Waals surface area (Å²) >= 11 is 0. The summed E-state index contributed by atoms with van der Waals surface area (Å²) in [7, 11) is 1.00. The van der Waals surface area contributed by atoms with Gasteiger partial charge in [-0.1, -0.05) is 82.4 Å². The highest BCUT2D eigenvalue weighted by Crippen LogP contribution is 2.28. The minimum atomic E-state index is -0.436. The lowest BCUT2D eigenvalue weighted by molar-refractivity contribution is -0.155. The minimum absolute atomic E-state index is 0.0621. The molecule has 3 aromatic rings. The highest BCUT2D eigenvalue weighted by Gasteiger charge is 2.31. The molecule has 1 N–H and O–H groups in total. The maximum atomic E-state index is 12.8. The Morgan fingerprint density at radius 2 is 1.70 bits per heavy atom. The van der Waals surface area contributed by atoms with Crippen molar-refractivity contribution in [2.45, 2.75) is 79.8 Å². The number of hydrogen-bond donors (Lipinski definition) is 1. The summed E-state index contributed by atoms with van der Waals surface area (Å²) < 4.78 is 17.2. The molecule has 1 aromatic heterocycles. The van der Waals surface area contributed by atoms with E-state index >= 15 is 0 Å². The van der Waals surface area contributed by atoms with Gasteiger partial charge in [-0.15, -0.1) is 0 Å². The number of para-hydroxylation sites is 1. The van der Waals surface area contributed by atoms with E-state index in [1.54, 1.807) is 0 Å². The lowest BCUT2D eigenvalue weighted by Gasteiger charge is -2.19. The molecule has 0 bridgehead atoms. The number of rotatable bonds is 11. The summed E-state index contributed by atoms with van der Waals surface area (Å²) in [6.45, 7) is 12.9. The first-order valence-electron chi connectivity index (χ1n) is 15.7. The zero-order valence-corrected chi connectivity index (χ0v) is 27.3. The molecule has 0 saturated carbocycles. The highest BCUT2D eigenvalue weighted by atomic mass is 16.6. The Hall–Kier alpha value is -3.82. The molecule has 1 fully saturated rings. The van der Waals surface area contributed by atoms with Crippen molar-refractivity contribution in [3.63, 3.8) is 0 Å². The van der Waals surface area contributed by atoms with Crippen molar-refractivity contribution in [3.8, 4) is 11.8 Å². The molecule has 6 heteroatoms. The predicted molar refractivity (Wildman–Crippen MR) is 175 cm³/mol. The number of aliphatic hydroxyl groups is 1. The molecule has 2 aromatic carbocycles. The van der Waals surface area contributed by atoms with Crippen molar-refractivity contribution in [1.82, 2.24) is 0 Å². The molecule has 0 spiro atoms. The van der Waals surface area contributed by atoms with Crippen LogP contribution >= 0.6 is 0 Å². The molecule has 236 valence electrons. The van der Waals surface area contributed by atoms with Gasteiger partial charge in [-0.2, -0.15) is 0 Å². The van der Waals surface area contributed by atoms with Gasteiger partial charge < -0.3 is 19.0 Å². The molecule has 0 aliphatic carbocycles. The second kappa shape index (κ2) is 16.9. The first kappa shape index (κ1) is 34.7. The van der Waals surface area contributed by atoms with Crippen LogP contribution in [0.5, 0.6) is 0 Å². The Balaban J connectivity index is 0.00000259. The number of allylic oxidation sites excluding steroid dienone is 1. The van der Waals surface area contributed by atoms with E-state index in [0.717, 1.165) is 42.9 Å². The van der Waals surface area contributed by atoms with Crippen LogP contribution in [0.2, 0.25) is 0 Å². The number of fused-ring (bicyclic) bond motifs is 1. The number of benzene rings is 2. The molecule has 44 heavy (non-hydrogen) atoms. The van der Waals surface area contributed by atoms with Crippen molar-refractivity contribution in [1.29, 1.82) is 0 Å². The van der Waals surface area contributed by atoms with E-state index < -0.39 is 12.0 Å². The molecule has 2 atom stereocenters. The topological polar surface area (TPSA) is 86.0 Å². The fraction of sp³-hybridized carbons (Fsp3) is 0.474. The quantitative estimate of drug-likeness (QED) is 0.137. The Labute approximate surface area is 262 Å². The third-order valence-corrected chi connectivity index (χ3v) is 7.60. The van der Waals surface area contributed by atoms with Gasteiger partial charge in [-0.05, 0) is 68.2 Å². The van der Waals surface area contributed by atoms with Gasteiger partial charge in [-0.3, -0.25) is 4.79 Å². The van der Waals surface area contributed by atoms with Crippen molar-refractivity contribution in [2.24, 2.45) is 23.7 Å². The van der Waals surface area contributed by atoms with Crippen LogP contribution in [-0.4, -0.2) is 36.9 Å². The van der Waals surface area contributed by atoms with Crippen LogP contribution in [0.15, 0.2) is 64.6 Å². The molecule has 1 saturated heterocycles. The first-order chi connectivity index (χ1) is 21.1. The van der Waals surface area contributed by atoms with E-state index in [9.17, 15) is 9.59 Å². The molecule has 6 nitrogen and oxygen atoms in total. The predicted octanol–water partition coefficient (Wildman–Crippen LogP) is 7.81. The Kier molecular flexibility index (Phi) is 13.3. The number of aliphatic hydroxyl groups excluding tert-OH is 1. The summed E-state index contributed by atoms with van der Waals surface area (Å²) in [4.78, 5) is 25.3. The van der Waals surface area contributed by atoms with Crippen molar-refractivity contribution in [2.75, 3.05) is 13.7 Å². The van der Waals surface area contributed by atoms with Crippen molar-refractivity contribution < 1.29 is 28.6 Å². The Morgan fingerprint density at radius 1 is 1.02 bits per heavy atom. The summed E-state index contributed by atoms with van der Waals surface area (Å²) in [5, 5.41) is 7.95. The fourth-order valence-electron chi connectivity index (χ4n) is 5.58. The number of furan rings is 1. The van der Waals surface area contributed by atoms with E-state index in [0.29, 0.717) is 47.5 Å². The van der Waals surface area contributed by atoms with Crippen LogP contribution in [0.1, 0.15) is 82.8 Å². The summed E-state index contributed by atoms with van der Waals surface area (Å²) in [6.07, 6.45) is 5.65. The van der Waals surface area contributed by atoms with Crippen molar-refractivity contribution in [3.05, 3.63) is 82.6 Å². The van der Waals surface area contributed by atoms with Crippen LogP contribution in [0, 0.1) is 42.4 Å². The van der Waals surface area contributed by atoms with Gasteiger partial charge in [0.2, 0.25) is 0 Å². The maximum Gasteiger partial charge on any atom is 0.334 e. The van der Waals surface area contributed by atoms with E-state index in [4.69, 9.17) is 19.0 Å². The fourth-order valence-corrected chi connectivity index (χ4v) is 5.58. The van der Waals surface area contributed by atoms with Crippen LogP contribution in [-0.2, 0) is 25.5 Å². The number of esters is 2. The zero-order chi connectivity index (χ0) is 32.2. The number of carbonyl (C=O) groups is 2. The second-order valence-electron chi connectivity index (χ2n) is 12.6. The average molecular weight is 601 g/mol. The Bertz CT molecular complexity index is 1450. The standard InChI is InChI=1S/C37H44O5.CH4O/c1-24(2)18-29(19-25(3)4)15-17-32-22-34(42-37(32)39)23-40-36(38)27(6)20-33-21-31-9-7-8-30(35(31)41-33)16-14-28-12-10-26(5)11-13-28;1-2/h7-13,17,21,24-25,27,29,34H,15,18-20,22-23H2,1-6H3;2H,1H3/b32-17+;.